The molecule has 96 valence electrons. The first kappa shape index (κ1) is 13.1. The average Bonchev–Trinajstić information content (AvgIpc) is 2.81. The molecule has 0 amide bonds. The number of nitrogens with one attached hydrogen (secondary N) is 1. The maximum absolute atomic E-state index is 9.97. The highest BCUT2D eigenvalue weighted by molar-refractivity contribution is 7.07. The highest BCUT2D eigenvalue weighted by atomic mass is 32.1. The van der Waals surface area contributed by atoms with E-state index in [0.717, 1.165) is 11.1 Å². The van der Waals surface area contributed by atoms with Gasteiger partial charge in [-0.05, 0) is 54.8 Å². The minimum absolute atomic E-state index is 0.125. The highest BCUT2D eigenvalue weighted by Crippen LogP contribution is 2.27. The van der Waals surface area contributed by atoms with Gasteiger partial charge in [0.05, 0.1) is 0 Å². The van der Waals surface area contributed by atoms with Gasteiger partial charge in [0.2, 0.25) is 0 Å². The quantitative estimate of drug-likeness (QED) is 0.865. The lowest BCUT2D eigenvalue weighted by molar-refractivity contribution is 0.438. The van der Waals surface area contributed by atoms with Crippen molar-refractivity contribution < 1.29 is 5.11 Å². The molecular weight excluding hydrogens is 242 g/mol. The summed E-state index contributed by atoms with van der Waals surface area (Å²) in [7, 11) is 0. The summed E-state index contributed by atoms with van der Waals surface area (Å²) >= 11 is 1.71. The van der Waals surface area contributed by atoms with E-state index in [1.807, 2.05) is 25.1 Å². The summed E-state index contributed by atoms with van der Waals surface area (Å²) in [5, 5.41) is 17.7. The van der Waals surface area contributed by atoms with Crippen LogP contribution >= 0.6 is 11.3 Å². The van der Waals surface area contributed by atoms with Crippen LogP contribution in [-0.4, -0.2) is 5.11 Å². The second kappa shape index (κ2) is 5.55. The lowest BCUT2D eigenvalue weighted by Gasteiger charge is -2.20. The predicted molar refractivity (Wildman–Crippen MR) is 77.1 cm³/mol. The summed E-state index contributed by atoms with van der Waals surface area (Å²) in [5.74, 6) is 0.368. The summed E-state index contributed by atoms with van der Waals surface area (Å²) in [6, 6.07) is 8.37. The lowest BCUT2D eigenvalue weighted by atomic mass is 10.0. The standard InChI is InChI=1S/C15H19NOS/c1-10-4-5-14(15(17)8-10)12(3)16-11(2)13-6-7-18-9-13/h4-9,11-12,16-17H,1-3H3. The van der Waals surface area contributed by atoms with Gasteiger partial charge in [0.25, 0.3) is 0 Å². The zero-order valence-corrected chi connectivity index (χ0v) is 11.8. The molecule has 0 saturated carbocycles. The first-order valence-electron chi connectivity index (χ1n) is 6.15. The Morgan fingerprint density at radius 3 is 2.56 bits per heavy atom. The molecule has 0 radical (unpaired) electrons. The van der Waals surface area contributed by atoms with Gasteiger partial charge in [-0.1, -0.05) is 12.1 Å². The Morgan fingerprint density at radius 2 is 1.94 bits per heavy atom. The van der Waals surface area contributed by atoms with Crippen LogP contribution in [0.4, 0.5) is 0 Å². The third kappa shape index (κ3) is 2.92. The summed E-state index contributed by atoms with van der Waals surface area (Å²) in [6.07, 6.45) is 0. The molecule has 2 rings (SSSR count). The largest absolute Gasteiger partial charge is 0.508 e. The summed E-state index contributed by atoms with van der Waals surface area (Å²) < 4.78 is 0. The number of thiophene rings is 1. The number of phenolic OH excluding ortho intramolecular Hbond substituents is 1. The molecule has 2 nitrogen and oxygen atoms in total. The van der Waals surface area contributed by atoms with E-state index in [4.69, 9.17) is 0 Å². The number of rotatable bonds is 4. The van der Waals surface area contributed by atoms with Crippen LogP contribution in [0.15, 0.2) is 35.0 Å². The predicted octanol–water partition coefficient (Wildman–Crippen LogP) is 4.17. The second-order valence-corrected chi connectivity index (χ2v) is 5.51. The molecular formula is C15H19NOS. The Morgan fingerprint density at radius 1 is 1.17 bits per heavy atom. The lowest BCUT2D eigenvalue weighted by Crippen LogP contribution is -2.22. The molecule has 0 aliphatic heterocycles. The topological polar surface area (TPSA) is 32.3 Å². The monoisotopic (exact) mass is 261 g/mol. The van der Waals surface area contributed by atoms with Crippen molar-refractivity contribution in [3.05, 3.63) is 51.7 Å². The molecule has 0 bridgehead atoms. The smallest absolute Gasteiger partial charge is 0.120 e. The fourth-order valence-electron chi connectivity index (χ4n) is 2.10. The number of aromatic hydroxyl groups is 1. The van der Waals surface area contributed by atoms with Crippen LogP contribution in [0.5, 0.6) is 5.75 Å². The van der Waals surface area contributed by atoms with Crippen molar-refractivity contribution in [3.8, 4) is 5.75 Å². The molecule has 2 N–H and O–H groups in total. The average molecular weight is 261 g/mol. The summed E-state index contributed by atoms with van der Waals surface area (Å²) in [4.78, 5) is 0. The van der Waals surface area contributed by atoms with Crippen molar-refractivity contribution in [1.82, 2.24) is 5.32 Å². The van der Waals surface area contributed by atoms with E-state index >= 15 is 0 Å². The van der Waals surface area contributed by atoms with Crippen molar-refractivity contribution in [1.29, 1.82) is 0 Å². The van der Waals surface area contributed by atoms with E-state index in [9.17, 15) is 5.11 Å². The first-order chi connectivity index (χ1) is 8.58. The molecule has 1 heterocycles. The number of hydrogen-bond acceptors (Lipinski definition) is 3. The van der Waals surface area contributed by atoms with Gasteiger partial charge < -0.3 is 10.4 Å². The highest BCUT2D eigenvalue weighted by Gasteiger charge is 2.14. The Bertz CT molecular complexity index is 507. The number of benzene rings is 1. The summed E-state index contributed by atoms with van der Waals surface area (Å²) in [5.41, 5.74) is 3.32. The summed E-state index contributed by atoms with van der Waals surface area (Å²) in [6.45, 7) is 6.20. The Kier molecular flexibility index (Phi) is 4.04. The van der Waals surface area contributed by atoms with Gasteiger partial charge >= 0.3 is 0 Å². The zero-order valence-electron chi connectivity index (χ0n) is 11.0. The molecule has 2 atom stereocenters. The zero-order chi connectivity index (χ0) is 13.1. The van der Waals surface area contributed by atoms with E-state index in [2.05, 4.69) is 36.0 Å². The fourth-order valence-corrected chi connectivity index (χ4v) is 2.86. The molecule has 1 aromatic carbocycles. The maximum atomic E-state index is 9.97. The van der Waals surface area contributed by atoms with Crippen LogP contribution in [0.3, 0.4) is 0 Å². The van der Waals surface area contributed by atoms with Crippen LogP contribution in [0.2, 0.25) is 0 Å². The third-order valence-electron chi connectivity index (χ3n) is 3.20. The van der Waals surface area contributed by atoms with E-state index in [1.165, 1.54) is 5.56 Å². The Balaban J connectivity index is 2.10. The number of phenols is 1. The van der Waals surface area contributed by atoms with Gasteiger partial charge in [0.1, 0.15) is 5.75 Å². The van der Waals surface area contributed by atoms with E-state index < -0.39 is 0 Å². The van der Waals surface area contributed by atoms with Crippen molar-refractivity contribution in [2.75, 3.05) is 0 Å². The minimum Gasteiger partial charge on any atom is -0.508 e. The molecule has 2 aromatic rings. The molecule has 0 aliphatic carbocycles. The van der Waals surface area contributed by atoms with Crippen LogP contribution in [0.25, 0.3) is 0 Å². The molecule has 2 unspecified atom stereocenters. The van der Waals surface area contributed by atoms with Crippen molar-refractivity contribution >= 4 is 11.3 Å². The molecule has 0 fully saturated rings. The molecule has 0 spiro atoms. The van der Waals surface area contributed by atoms with E-state index in [1.54, 1.807) is 11.3 Å². The molecule has 1 aromatic heterocycles. The van der Waals surface area contributed by atoms with Gasteiger partial charge in [-0.15, -0.1) is 0 Å². The van der Waals surface area contributed by atoms with Crippen LogP contribution in [0, 0.1) is 6.92 Å². The molecule has 0 saturated heterocycles. The van der Waals surface area contributed by atoms with Crippen molar-refractivity contribution in [2.24, 2.45) is 0 Å². The van der Waals surface area contributed by atoms with Gasteiger partial charge in [0, 0.05) is 17.6 Å². The third-order valence-corrected chi connectivity index (χ3v) is 3.90. The number of aryl methyl sites for hydroxylation is 1. The van der Waals surface area contributed by atoms with Gasteiger partial charge in [-0.3, -0.25) is 0 Å². The minimum atomic E-state index is 0.125. The van der Waals surface area contributed by atoms with Crippen molar-refractivity contribution in [3.63, 3.8) is 0 Å². The van der Waals surface area contributed by atoms with Gasteiger partial charge in [0.15, 0.2) is 0 Å². The SMILES string of the molecule is Cc1ccc(C(C)NC(C)c2ccsc2)c(O)c1. The van der Waals surface area contributed by atoms with Crippen LogP contribution < -0.4 is 5.32 Å². The van der Waals surface area contributed by atoms with E-state index in [-0.39, 0.29) is 12.1 Å². The fraction of sp³-hybridized carbons (Fsp3) is 0.333. The van der Waals surface area contributed by atoms with Gasteiger partial charge in [-0.2, -0.15) is 11.3 Å². The van der Waals surface area contributed by atoms with Gasteiger partial charge in [-0.25, -0.2) is 0 Å². The van der Waals surface area contributed by atoms with Crippen LogP contribution in [-0.2, 0) is 0 Å². The molecule has 3 heteroatoms. The first-order valence-corrected chi connectivity index (χ1v) is 7.10. The molecule has 18 heavy (non-hydrogen) atoms. The van der Waals surface area contributed by atoms with Crippen LogP contribution in [0.1, 0.15) is 42.6 Å². The second-order valence-electron chi connectivity index (χ2n) is 4.73. The Hall–Kier alpha value is -1.32. The molecule has 0 aliphatic rings. The number of hydrogen-bond donors (Lipinski definition) is 2. The Labute approximate surface area is 112 Å². The van der Waals surface area contributed by atoms with Crippen molar-refractivity contribution in [2.45, 2.75) is 32.9 Å². The normalized spacial score (nSPS) is 14.4. The maximum Gasteiger partial charge on any atom is 0.120 e. The van der Waals surface area contributed by atoms with E-state index in [0.29, 0.717) is 5.75 Å².